The Bertz CT molecular complexity index is 628. The van der Waals surface area contributed by atoms with Crippen molar-refractivity contribution in [1.82, 2.24) is 4.72 Å². The van der Waals surface area contributed by atoms with Gasteiger partial charge in [0.2, 0.25) is 0 Å². The van der Waals surface area contributed by atoms with Crippen molar-refractivity contribution in [3.05, 3.63) is 18.2 Å². The van der Waals surface area contributed by atoms with Gasteiger partial charge in [-0.2, -0.15) is 0 Å². The molecule has 1 N–H and O–H groups in total. The van der Waals surface area contributed by atoms with Crippen LogP contribution in [-0.2, 0) is 19.6 Å². The number of carbonyl (C=O) groups is 1. The zero-order valence-corrected chi connectivity index (χ0v) is 12.6. The van der Waals surface area contributed by atoms with Crippen LogP contribution in [0.3, 0.4) is 0 Å². The third-order valence-corrected chi connectivity index (χ3v) is 4.33. The Hall–Kier alpha value is -1.80. The molecule has 1 aromatic rings. The molecular weight excluding hydrogens is 298 g/mol. The van der Waals surface area contributed by atoms with Gasteiger partial charge >= 0.3 is 0 Å². The van der Waals surface area contributed by atoms with Crippen molar-refractivity contribution in [1.29, 1.82) is 0 Å². The Kier molecular flexibility index (Phi) is 4.69. The van der Waals surface area contributed by atoms with Crippen LogP contribution in [0, 0.1) is 0 Å². The molecule has 1 unspecified atom stereocenters. The molecule has 8 heteroatoms. The minimum Gasteiger partial charge on any atom is -0.490 e. The van der Waals surface area contributed by atoms with Crippen LogP contribution in [0.5, 0.6) is 11.5 Å². The molecule has 0 aromatic heterocycles. The molecule has 0 bridgehead atoms. The largest absolute Gasteiger partial charge is 0.490 e. The number of hydrogen-bond donors (Lipinski definition) is 1. The van der Waals surface area contributed by atoms with Gasteiger partial charge in [-0.05, 0) is 19.1 Å². The summed E-state index contributed by atoms with van der Waals surface area (Å²) in [5.41, 5.74) is 0. The van der Waals surface area contributed by atoms with E-state index in [0.717, 1.165) is 6.42 Å². The highest BCUT2D eigenvalue weighted by Crippen LogP contribution is 2.31. The number of rotatable bonds is 4. The van der Waals surface area contributed by atoms with Gasteiger partial charge in [-0.15, -0.1) is 0 Å². The van der Waals surface area contributed by atoms with Crippen LogP contribution >= 0.6 is 0 Å². The van der Waals surface area contributed by atoms with Crippen molar-refractivity contribution >= 4 is 15.9 Å². The quantitative estimate of drug-likeness (QED) is 0.879. The predicted molar refractivity (Wildman–Crippen MR) is 73.8 cm³/mol. The maximum atomic E-state index is 12.2. The van der Waals surface area contributed by atoms with Gasteiger partial charge in [-0.25, -0.2) is 13.1 Å². The second kappa shape index (κ2) is 6.31. The fourth-order valence-electron chi connectivity index (χ4n) is 1.69. The van der Waals surface area contributed by atoms with Crippen LogP contribution in [0.15, 0.2) is 23.1 Å². The van der Waals surface area contributed by atoms with E-state index in [0.29, 0.717) is 24.7 Å². The summed E-state index contributed by atoms with van der Waals surface area (Å²) < 4.78 is 41.9. The van der Waals surface area contributed by atoms with Gasteiger partial charge in [-0.3, -0.25) is 4.79 Å². The summed E-state index contributed by atoms with van der Waals surface area (Å²) in [4.78, 5) is 11.6. The molecule has 7 nitrogen and oxygen atoms in total. The highest BCUT2D eigenvalue weighted by atomic mass is 32.2. The summed E-state index contributed by atoms with van der Waals surface area (Å²) in [6, 6.07) is 4.22. The average molecular weight is 315 g/mol. The van der Waals surface area contributed by atoms with Gasteiger partial charge in [0.1, 0.15) is 6.10 Å². The van der Waals surface area contributed by atoms with Crippen LogP contribution in [0.25, 0.3) is 0 Å². The summed E-state index contributed by atoms with van der Waals surface area (Å²) in [7, 11) is -2.65. The molecule has 21 heavy (non-hydrogen) atoms. The minimum absolute atomic E-state index is 0.0663. The fraction of sp³-hybridized carbons (Fsp3) is 0.462. The molecule has 0 fully saturated rings. The standard InChI is InChI=1S/C13H17NO6S/c1-9(18-2)13(15)14-21(16,17)10-4-5-11-12(8-10)20-7-3-6-19-11/h4-5,8-9H,3,6-7H2,1-2H3,(H,14,15). The lowest BCUT2D eigenvalue weighted by molar-refractivity contribution is -0.128. The Morgan fingerprint density at radius 2 is 1.95 bits per heavy atom. The second-order valence-electron chi connectivity index (χ2n) is 4.51. The lowest BCUT2D eigenvalue weighted by Gasteiger charge is -2.13. The molecule has 0 aliphatic carbocycles. The monoisotopic (exact) mass is 315 g/mol. The molecule has 116 valence electrons. The van der Waals surface area contributed by atoms with E-state index < -0.39 is 22.0 Å². The van der Waals surface area contributed by atoms with Crippen LogP contribution in [-0.4, -0.2) is 40.8 Å². The Labute approximate surface area is 123 Å². The highest BCUT2D eigenvalue weighted by Gasteiger charge is 2.23. The van der Waals surface area contributed by atoms with Crippen LogP contribution in [0.1, 0.15) is 13.3 Å². The third kappa shape index (κ3) is 3.64. The van der Waals surface area contributed by atoms with E-state index in [4.69, 9.17) is 14.2 Å². The van der Waals surface area contributed by atoms with Crippen LogP contribution in [0.2, 0.25) is 0 Å². The number of hydrogen-bond acceptors (Lipinski definition) is 6. The molecule has 1 aliphatic heterocycles. The van der Waals surface area contributed by atoms with E-state index in [9.17, 15) is 13.2 Å². The van der Waals surface area contributed by atoms with E-state index in [1.165, 1.54) is 32.2 Å². The molecule has 1 aliphatic rings. The van der Waals surface area contributed by atoms with Crippen molar-refractivity contribution < 1.29 is 27.4 Å². The maximum absolute atomic E-state index is 12.2. The Balaban J connectivity index is 2.24. The molecule has 1 amide bonds. The summed E-state index contributed by atoms with van der Waals surface area (Å²) in [5.74, 6) is 0.107. The van der Waals surface area contributed by atoms with Crippen molar-refractivity contribution in [2.45, 2.75) is 24.3 Å². The zero-order chi connectivity index (χ0) is 15.5. The van der Waals surface area contributed by atoms with Gasteiger partial charge in [0.25, 0.3) is 15.9 Å². The van der Waals surface area contributed by atoms with E-state index in [2.05, 4.69) is 0 Å². The molecular formula is C13H17NO6S. The first kappa shape index (κ1) is 15.6. The van der Waals surface area contributed by atoms with Gasteiger partial charge in [0.15, 0.2) is 11.5 Å². The number of fused-ring (bicyclic) bond motifs is 1. The number of carbonyl (C=O) groups excluding carboxylic acids is 1. The van der Waals surface area contributed by atoms with Crippen molar-refractivity contribution in [2.75, 3.05) is 20.3 Å². The molecule has 0 saturated heterocycles. The van der Waals surface area contributed by atoms with Crippen molar-refractivity contribution in [3.8, 4) is 11.5 Å². The normalized spacial score (nSPS) is 15.9. The van der Waals surface area contributed by atoms with E-state index >= 15 is 0 Å². The second-order valence-corrected chi connectivity index (χ2v) is 6.19. The minimum atomic E-state index is -3.98. The smallest absolute Gasteiger partial charge is 0.264 e. The number of benzene rings is 1. The Morgan fingerprint density at radius 3 is 2.62 bits per heavy atom. The van der Waals surface area contributed by atoms with E-state index in [1.54, 1.807) is 0 Å². The summed E-state index contributed by atoms with van der Waals surface area (Å²) in [6.07, 6.45) is -0.140. The number of amides is 1. The van der Waals surface area contributed by atoms with Gasteiger partial charge in [-0.1, -0.05) is 0 Å². The molecule has 0 spiro atoms. The van der Waals surface area contributed by atoms with Gasteiger partial charge < -0.3 is 14.2 Å². The van der Waals surface area contributed by atoms with Crippen LogP contribution in [0.4, 0.5) is 0 Å². The zero-order valence-electron chi connectivity index (χ0n) is 11.8. The number of methoxy groups -OCH3 is 1. The summed E-state index contributed by atoms with van der Waals surface area (Å²) in [5, 5.41) is 0. The summed E-state index contributed by atoms with van der Waals surface area (Å²) >= 11 is 0. The SMILES string of the molecule is COC(C)C(=O)NS(=O)(=O)c1ccc2c(c1)OCCCO2. The lowest BCUT2D eigenvalue weighted by atomic mass is 10.3. The first-order chi connectivity index (χ1) is 9.94. The van der Waals surface area contributed by atoms with E-state index in [1.807, 2.05) is 4.72 Å². The third-order valence-electron chi connectivity index (χ3n) is 2.99. The number of sulfonamides is 1. The predicted octanol–water partition coefficient (Wildman–Crippen LogP) is 0.688. The van der Waals surface area contributed by atoms with E-state index in [-0.39, 0.29) is 4.90 Å². The molecule has 2 rings (SSSR count). The summed E-state index contributed by atoms with van der Waals surface area (Å²) in [6.45, 7) is 2.42. The topological polar surface area (TPSA) is 90.9 Å². The molecule has 1 aromatic carbocycles. The number of nitrogens with one attached hydrogen (secondary N) is 1. The Morgan fingerprint density at radius 1 is 1.29 bits per heavy atom. The number of ether oxygens (including phenoxy) is 3. The van der Waals surface area contributed by atoms with Gasteiger partial charge in [0.05, 0.1) is 18.1 Å². The molecule has 0 radical (unpaired) electrons. The van der Waals surface area contributed by atoms with Crippen molar-refractivity contribution in [2.24, 2.45) is 0 Å². The molecule has 1 heterocycles. The molecule has 0 saturated carbocycles. The fourth-order valence-corrected chi connectivity index (χ4v) is 2.75. The maximum Gasteiger partial charge on any atom is 0.264 e. The van der Waals surface area contributed by atoms with Crippen molar-refractivity contribution in [3.63, 3.8) is 0 Å². The van der Waals surface area contributed by atoms with Crippen LogP contribution < -0.4 is 14.2 Å². The molecule has 1 atom stereocenters. The van der Waals surface area contributed by atoms with Gasteiger partial charge in [0, 0.05) is 19.6 Å². The highest BCUT2D eigenvalue weighted by molar-refractivity contribution is 7.90. The average Bonchev–Trinajstić information content (AvgIpc) is 2.70. The first-order valence-electron chi connectivity index (χ1n) is 6.43. The lowest BCUT2D eigenvalue weighted by Crippen LogP contribution is -2.38. The first-order valence-corrected chi connectivity index (χ1v) is 7.91.